The first-order valence-electron chi connectivity index (χ1n) is 4.57. The highest BCUT2D eigenvalue weighted by Crippen LogP contribution is 2.33. The third-order valence-corrected chi connectivity index (χ3v) is 2.77. The molecule has 0 radical (unpaired) electrons. The fraction of sp³-hybridized carbons (Fsp3) is 0.400. The van der Waals surface area contributed by atoms with Gasteiger partial charge in [0.25, 0.3) is 0 Å². The van der Waals surface area contributed by atoms with Crippen LogP contribution in [0, 0.1) is 0 Å². The monoisotopic (exact) mass is 271 g/mol. The minimum atomic E-state index is -4.22. The van der Waals surface area contributed by atoms with Crippen molar-refractivity contribution < 1.29 is 13.2 Å². The molecular formula is C10H10Cl2F3N. The quantitative estimate of drug-likeness (QED) is 0.870. The number of nitrogens with two attached hydrogens (primary N) is 1. The van der Waals surface area contributed by atoms with E-state index in [1.165, 1.54) is 0 Å². The number of rotatable bonds is 3. The highest BCUT2D eigenvalue weighted by atomic mass is 35.5. The topological polar surface area (TPSA) is 26.0 Å². The minimum absolute atomic E-state index is 0.229. The molecule has 0 aliphatic rings. The molecule has 0 saturated carbocycles. The summed E-state index contributed by atoms with van der Waals surface area (Å²) in [6, 6.07) is 3.92. The van der Waals surface area contributed by atoms with Gasteiger partial charge in [0.05, 0.1) is 0 Å². The largest absolute Gasteiger partial charge is 0.389 e. The summed E-state index contributed by atoms with van der Waals surface area (Å²) in [6.45, 7) is 0. The SMILES string of the molecule is N[C@@H](CCC(F)(F)F)c1c(Cl)cccc1Cl. The summed E-state index contributed by atoms with van der Waals surface area (Å²) in [5, 5.41) is 0.587. The molecule has 0 aromatic heterocycles. The van der Waals surface area contributed by atoms with Crippen LogP contribution in [0.4, 0.5) is 13.2 Å². The van der Waals surface area contributed by atoms with Crippen LogP contribution in [-0.2, 0) is 0 Å². The van der Waals surface area contributed by atoms with Crippen LogP contribution in [0.3, 0.4) is 0 Å². The van der Waals surface area contributed by atoms with E-state index < -0.39 is 18.6 Å². The summed E-state index contributed by atoms with van der Waals surface area (Å²) in [5.74, 6) is 0. The van der Waals surface area contributed by atoms with E-state index in [4.69, 9.17) is 28.9 Å². The highest BCUT2D eigenvalue weighted by molar-refractivity contribution is 6.36. The lowest BCUT2D eigenvalue weighted by atomic mass is 10.0. The predicted octanol–water partition coefficient (Wildman–Crippen LogP) is 4.34. The summed E-state index contributed by atoms with van der Waals surface area (Å²) in [5.41, 5.74) is 6.01. The van der Waals surface area contributed by atoms with Crippen molar-refractivity contribution in [3.63, 3.8) is 0 Å². The van der Waals surface area contributed by atoms with Crippen molar-refractivity contribution in [1.29, 1.82) is 0 Å². The van der Waals surface area contributed by atoms with Gasteiger partial charge in [-0.05, 0) is 18.6 Å². The van der Waals surface area contributed by atoms with Gasteiger partial charge in [-0.15, -0.1) is 0 Å². The molecule has 0 fully saturated rings. The van der Waals surface area contributed by atoms with Gasteiger partial charge in [-0.25, -0.2) is 0 Å². The van der Waals surface area contributed by atoms with Crippen molar-refractivity contribution in [3.8, 4) is 0 Å². The summed E-state index contributed by atoms with van der Waals surface area (Å²) in [6.07, 6.45) is -5.39. The van der Waals surface area contributed by atoms with Crippen LogP contribution in [0.15, 0.2) is 18.2 Å². The molecule has 0 aliphatic heterocycles. The number of hydrogen-bond acceptors (Lipinski definition) is 1. The van der Waals surface area contributed by atoms with Gasteiger partial charge >= 0.3 is 6.18 Å². The Morgan fingerprint density at radius 3 is 2.12 bits per heavy atom. The van der Waals surface area contributed by atoms with Crippen molar-refractivity contribution in [2.75, 3.05) is 0 Å². The van der Waals surface area contributed by atoms with E-state index in [0.717, 1.165) is 0 Å². The zero-order valence-corrected chi connectivity index (χ0v) is 9.70. The Bertz CT molecular complexity index is 345. The Balaban J connectivity index is 2.77. The molecule has 0 spiro atoms. The van der Waals surface area contributed by atoms with Crippen LogP contribution >= 0.6 is 23.2 Å². The van der Waals surface area contributed by atoms with Gasteiger partial charge in [0.1, 0.15) is 0 Å². The second-order valence-electron chi connectivity index (χ2n) is 3.40. The fourth-order valence-electron chi connectivity index (χ4n) is 1.33. The zero-order valence-electron chi connectivity index (χ0n) is 8.19. The van der Waals surface area contributed by atoms with Gasteiger partial charge in [-0.3, -0.25) is 0 Å². The molecule has 1 nitrogen and oxygen atoms in total. The first-order chi connectivity index (χ1) is 7.31. The standard InChI is InChI=1S/C10H10Cl2F3N/c11-6-2-1-3-7(12)9(6)8(16)4-5-10(13,14)15/h1-3,8H,4-5,16H2/t8-/m0/s1. The molecule has 16 heavy (non-hydrogen) atoms. The lowest BCUT2D eigenvalue weighted by Crippen LogP contribution is -2.16. The molecule has 6 heteroatoms. The Kier molecular flexibility index (Phi) is 4.47. The minimum Gasteiger partial charge on any atom is -0.324 e. The predicted molar refractivity (Wildman–Crippen MR) is 58.7 cm³/mol. The third-order valence-electron chi connectivity index (χ3n) is 2.11. The molecule has 90 valence electrons. The molecule has 0 amide bonds. The maximum Gasteiger partial charge on any atom is 0.389 e. The van der Waals surface area contributed by atoms with Crippen molar-refractivity contribution in [3.05, 3.63) is 33.8 Å². The van der Waals surface area contributed by atoms with Crippen molar-refractivity contribution >= 4 is 23.2 Å². The van der Waals surface area contributed by atoms with Crippen molar-refractivity contribution in [2.45, 2.75) is 25.1 Å². The van der Waals surface area contributed by atoms with E-state index >= 15 is 0 Å². The maximum atomic E-state index is 12.0. The first-order valence-corrected chi connectivity index (χ1v) is 5.33. The molecule has 0 bridgehead atoms. The van der Waals surface area contributed by atoms with Gasteiger partial charge in [0, 0.05) is 28.1 Å². The lowest BCUT2D eigenvalue weighted by molar-refractivity contribution is -0.136. The molecule has 0 aliphatic carbocycles. The molecule has 1 aromatic carbocycles. The molecule has 1 rings (SSSR count). The highest BCUT2D eigenvalue weighted by Gasteiger charge is 2.28. The van der Waals surface area contributed by atoms with Crippen LogP contribution < -0.4 is 5.73 Å². The Hall–Kier alpha value is -0.450. The number of alkyl halides is 3. The second kappa shape index (κ2) is 5.25. The average Bonchev–Trinajstić information content (AvgIpc) is 2.13. The first kappa shape index (κ1) is 13.6. The third kappa shape index (κ3) is 3.85. The fourth-order valence-corrected chi connectivity index (χ4v) is 2.01. The maximum absolute atomic E-state index is 12.0. The number of hydrogen-bond donors (Lipinski definition) is 1. The molecule has 0 heterocycles. The van der Waals surface area contributed by atoms with Crippen LogP contribution in [0.25, 0.3) is 0 Å². The Morgan fingerprint density at radius 2 is 1.69 bits per heavy atom. The molecular weight excluding hydrogens is 262 g/mol. The van der Waals surface area contributed by atoms with E-state index in [2.05, 4.69) is 0 Å². The normalized spacial score (nSPS) is 13.9. The van der Waals surface area contributed by atoms with E-state index in [0.29, 0.717) is 15.6 Å². The van der Waals surface area contributed by atoms with E-state index in [9.17, 15) is 13.2 Å². The van der Waals surface area contributed by atoms with Crippen LogP contribution in [0.2, 0.25) is 10.0 Å². The van der Waals surface area contributed by atoms with Gasteiger partial charge in [-0.2, -0.15) is 13.2 Å². The zero-order chi connectivity index (χ0) is 12.3. The molecule has 1 aromatic rings. The Labute approximate surface area is 101 Å². The van der Waals surface area contributed by atoms with Gasteiger partial charge in [-0.1, -0.05) is 29.3 Å². The van der Waals surface area contributed by atoms with Crippen LogP contribution in [0.5, 0.6) is 0 Å². The summed E-state index contributed by atoms with van der Waals surface area (Å²) < 4.78 is 36.0. The number of benzene rings is 1. The molecule has 0 saturated heterocycles. The molecule has 1 atom stereocenters. The van der Waals surface area contributed by atoms with Crippen molar-refractivity contribution in [2.24, 2.45) is 5.73 Å². The second-order valence-corrected chi connectivity index (χ2v) is 4.21. The summed E-state index contributed by atoms with van der Waals surface area (Å²) >= 11 is 11.7. The van der Waals surface area contributed by atoms with E-state index in [-0.39, 0.29) is 6.42 Å². The van der Waals surface area contributed by atoms with Gasteiger partial charge in [0.2, 0.25) is 0 Å². The molecule has 0 unspecified atom stereocenters. The Morgan fingerprint density at radius 1 is 1.19 bits per heavy atom. The van der Waals surface area contributed by atoms with Gasteiger partial charge in [0.15, 0.2) is 0 Å². The summed E-state index contributed by atoms with van der Waals surface area (Å²) in [7, 11) is 0. The smallest absolute Gasteiger partial charge is 0.324 e. The lowest BCUT2D eigenvalue weighted by Gasteiger charge is -2.16. The number of halogens is 5. The van der Waals surface area contributed by atoms with Crippen molar-refractivity contribution in [1.82, 2.24) is 0 Å². The molecule has 2 N–H and O–H groups in total. The van der Waals surface area contributed by atoms with E-state index in [1.54, 1.807) is 18.2 Å². The average molecular weight is 272 g/mol. The van der Waals surface area contributed by atoms with Gasteiger partial charge < -0.3 is 5.73 Å². The van der Waals surface area contributed by atoms with Crippen LogP contribution in [0.1, 0.15) is 24.4 Å². The van der Waals surface area contributed by atoms with E-state index in [1.807, 2.05) is 0 Å². The summed E-state index contributed by atoms with van der Waals surface area (Å²) in [4.78, 5) is 0. The van der Waals surface area contributed by atoms with Crippen LogP contribution in [-0.4, -0.2) is 6.18 Å².